The summed E-state index contributed by atoms with van der Waals surface area (Å²) in [4.78, 5) is 3.54. The van der Waals surface area contributed by atoms with Gasteiger partial charge in [0.15, 0.2) is 0 Å². The Bertz CT molecular complexity index is 320. The number of hydrogen-bond donors (Lipinski definition) is 0. The van der Waals surface area contributed by atoms with Crippen LogP contribution in [-0.2, 0) is 0 Å². The standard InChI is InChI=1S/C12H17NS/c1-7-3-8-4-9-6-13(2)12(14)10(5-8)11(7)9/h3,8-11H,4-6H2,1-2H3. The summed E-state index contributed by atoms with van der Waals surface area (Å²) in [5.74, 6) is 3.21. The van der Waals surface area contributed by atoms with E-state index in [-0.39, 0.29) is 0 Å². The summed E-state index contributed by atoms with van der Waals surface area (Å²) in [5.41, 5.74) is 1.62. The molecule has 3 aliphatic carbocycles. The van der Waals surface area contributed by atoms with E-state index in [1.807, 2.05) is 0 Å². The molecule has 1 saturated heterocycles. The molecule has 0 aromatic rings. The van der Waals surface area contributed by atoms with E-state index in [0.29, 0.717) is 5.92 Å². The monoisotopic (exact) mass is 207 g/mol. The second-order valence-electron chi connectivity index (χ2n) is 5.25. The van der Waals surface area contributed by atoms with Gasteiger partial charge in [0.1, 0.15) is 0 Å². The Morgan fingerprint density at radius 1 is 1.43 bits per heavy atom. The number of rotatable bonds is 0. The van der Waals surface area contributed by atoms with E-state index in [2.05, 4.69) is 24.9 Å². The first-order valence-electron chi connectivity index (χ1n) is 5.60. The molecule has 4 atom stereocenters. The number of allylic oxidation sites excluding steroid dienone is 2. The van der Waals surface area contributed by atoms with Gasteiger partial charge in [-0.25, -0.2) is 0 Å². The van der Waals surface area contributed by atoms with Crippen LogP contribution in [0.3, 0.4) is 0 Å². The summed E-state index contributed by atoms with van der Waals surface area (Å²) < 4.78 is 0. The van der Waals surface area contributed by atoms with Crippen molar-refractivity contribution in [1.82, 2.24) is 4.90 Å². The van der Waals surface area contributed by atoms with Crippen LogP contribution < -0.4 is 0 Å². The predicted molar refractivity (Wildman–Crippen MR) is 62.2 cm³/mol. The topological polar surface area (TPSA) is 3.24 Å². The highest BCUT2D eigenvalue weighted by Gasteiger charge is 2.47. The van der Waals surface area contributed by atoms with Crippen LogP contribution in [0.2, 0.25) is 0 Å². The predicted octanol–water partition coefficient (Wildman–Crippen LogP) is 2.48. The minimum atomic E-state index is 0.692. The molecule has 14 heavy (non-hydrogen) atoms. The van der Waals surface area contributed by atoms with E-state index < -0.39 is 0 Å². The van der Waals surface area contributed by atoms with Crippen molar-refractivity contribution in [3.63, 3.8) is 0 Å². The largest absolute Gasteiger partial charge is 0.369 e. The van der Waals surface area contributed by atoms with Crippen molar-refractivity contribution >= 4 is 17.2 Å². The molecule has 76 valence electrons. The molecule has 0 aromatic carbocycles. The maximum Gasteiger partial charge on any atom is 0.0814 e. The van der Waals surface area contributed by atoms with Gasteiger partial charge in [0, 0.05) is 19.5 Å². The van der Waals surface area contributed by atoms with Crippen LogP contribution in [0.4, 0.5) is 0 Å². The van der Waals surface area contributed by atoms with Crippen molar-refractivity contribution in [1.29, 1.82) is 0 Å². The van der Waals surface area contributed by atoms with Crippen LogP contribution in [0.1, 0.15) is 19.8 Å². The number of hydrogen-bond acceptors (Lipinski definition) is 1. The van der Waals surface area contributed by atoms with Crippen LogP contribution in [0.25, 0.3) is 0 Å². The summed E-state index contributed by atoms with van der Waals surface area (Å²) in [6.45, 7) is 3.51. The van der Waals surface area contributed by atoms with Gasteiger partial charge in [0.2, 0.25) is 0 Å². The first kappa shape index (κ1) is 8.90. The molecule has 1 nitrogen and oxygen atoms in total. The summed E-state index contributed by atoms with van der Waals surface area (Å²) in [6, 6.07) is 0. The molecule has 4 aliphatic rings. The summed E-state index contributed by atoms with van der Waals surface area (Å²) in [7, 11) is 2.17. The third-order valence-corrected chi connectivity index (χ3v) is 4.94. The van der Waals surface area contributed by atoms with Gasteiger partial charge in [-0.05, 0) is 37.5 Å². The van der Waals surface area contributed by atoms with Gasteiger partial charge in [-0.15, -0.1) is 0 Å². The zero-order valence-corrected chi connectivity index (χ0v) is 9.68. The minimum Gasteiger partial charge on any atom is -0.369 e. The fraction of sp³-hybridized carbons (Fsp3) is 0.750. The maximum atomic E-state index is 5.55. The molecule has 1 saturated carbocycles. The molecule has 0 spiro atoms. The van der Waals surface area contributed by atoms with Crippen molar-refractivity contribution in [2.24, 2.45) is 23.7 Å². The highest BCUT2D eigenvalue weighted by Crippen LogP contribution is 2.51. The lowest BCUT2D eigenvalue weighted by Gasteiger charge is -2.53. The smallest absolute Gasteiger partial charge is 0.0814 e. The van der Waals surface area contributed by atoms with Crippen molar-refractivity contribution in [3.8, 4) is 0 Å². The van der Waals surface area contributed by atoms with Gasteiger partial charge in [0.05, 0.1) is 4.99 Å². The van der Waals surface area contributed by atoms with E-state index in [1.165, 1.54) is 24.4 Å². The third-order valence-electron chi connectivity index (χ3n) is 4.33. The number of piperidine rings is 1. The normalized spacial score (nSPS) is 45.4. The number of likely N-dealkylation sites (tertiary alicyclic amines) is 1. The SMILES string of the molecule is CC1=CC2CC3CN(C)C(=S)C(C2)C13. The van der Waals surface area contributed by atoms with E-state index >= 15 is 0 Å². The van der Waals surface area contributed by atoms with Crippen molar-refractivity contribution in [2.45, 2.75) is 19.8 Å². The van der Waals surface area contributed by atoms with Crippen LogP contribution in [0.15, 0.2) is 11.6 Å². The molecule has 0 aromatic heterocycles. The molecular formula is C12H17NS. The lowest BCUT2D eigenvalue weighted by molar-refractivity contribution is 0.114. The van der Waals surface area contributed by atoms with Gasteiger partial charge in [0.25, 0.3) is 0 Å². The molecule has 1 heterocycles. The molecular weight excluding hydrogens is 190 g/mol. The average Bonchev–Trinajstić information content (AvgIpc) is 2.13. The van der Waals surface area contributed by atoms with E-state index in [0.717, 1.165) is 17.8 Å². The Hall–Kier alpha value is -0.370. The van der Waals surface area contributed by atoms with Gasteiger partial charge in [-0.1, -0.05) is 23.9 Å². The first-order valence-corrected chi connectivity index (χ1v) is 6.01. The van der Waals surface area contributed by atoms with Gasteiger partial charge < -0.3 is 4.90 Å². The first-order chi connectivity index (χ1) is 6.66. The highest BCUT2D eigenvalue weighted by molar-refractivity contribution is 7.80. The van der Waals surface area contributed by atoms with Gasteiger partial charge in [-0.3, -0.25) is 0 Å². The fourth-order valence-corrected chi connectivity index (χ4v) is 4.23. The minimum absolute atomic E-state index is 0.692. The molecule has 0 amide bonds. The Balaban J connectivity index is 2.01. The van der Waals surface area contributed by atoms with Crippen molar-refractivity contribution < 1.29 is 0 Å². The Kier molecular flexibility index (Phi) is 1.79. The quantitative estimate of drug-likeness (QED) is 0.443. The summed E-state index contributed by atoms with van der Waals surface area (Å²) in [6.07, 6.45) is 5.23. The summed E-state index contributed by atoms with van der Waals surface area (Å²) in [5, 5.41) is 0. The van der Waals surface area contributed by atoms with Crippen LogP contribution in [0.5, 0.6) is 0 Å². The molecule has 1 aliphatic heterocycles. The molecule has 2 fully saturated rings. The molecule has 0 radical (unpaired) electrons. The Morgan fingerprint density at radius 2 is 2.21 bits per heavy atom. The van der Waals surface area contributed by atoms with E-state index in [1.54, 1.807) is 5.57 Å². The van der Waals surface area contributed by atoms with Gasteiger partial charge >= 0.3 is 0 Å². The fourth-order valence-electron chi connectivity index (χ4n) is 3.91. The van der Waals surface area contributed by atoms with Crippen molar-refractivity contribution in [2.75, 3.05) is 13.6 Å². The Morgan fingerprint density at radius 3 is 2.93 bits per heavy atom. The molecule has 4 bridgehead atoms. The molecule has 4 rings (SSSR count). The lowest BCUT2D eigenvalue weighted by Crippen LogP contribution is -2.53. The van der Waals surface area contributed by atoms with Crippen molar-refractivity contribution in [3.05, 3.63) is 11.6 Å². The van der Waals surface area contributed by atoms with Crippen LogP contribution >= 0.6 is 12.2 Å². The maximum absolute atomic E-state index is 5.55. The average molecular weight is 207 g/mol. The molecule has 4 unspecified atom stereocenters. The van der Waals surface area contributed by atoms with E-state index in [4.69, 9.17) is 12.2 Å². The van der Waals surface area contributed by atoms with Crippen LogP contribution in [0, 0.1) is 23.7 Å². The zero-order valence-electron chi connectivity index (χ0n) is 8.86. The van der Waals surface area contributed by atoms with Gasteiger partial charge in [-0.2, -0.15) is 0 Å². The highest BCUT2D eigenvalue weighted by atomic mass is 32.1. The van der Waals surface area contributed by atoms with Crippen LogP contribution in [-0.4, -0.2) is 23.5 Å². The second-order valence-corrected chi connectivity index (χ2v) is 5.67. The Labute approximate surface area is 91.2 Å². The zero-order chi connectivity index (χ0) is 9.87. The number of nitrogens with zero attached hydrogens (tertiary/aromatic N) is 1. The van der Waals surface area contributed by atoms with E-state index in [9.17, 15) is 0 Å². The third kappa shape index (κ3) is 1.04. The number of thiocarbonyl (C=S) groups is 1. The molecule has 0 N–H and O–H groups in total. The summed E-state index contributed by atoms with van der Waals surface area (Å²) >= 11 is 5.55. The lowest BCUT2D eigenvalue weighted by atomic mass is 9.58. The second kappa shape index (κ2) is 2.82. The molecule has 2 heteroatoms.